The number of hydrazone groups is 1. The van der Waals surface area contributed by atoms with Crippen LogP contribution in [0.25, 0.3) is 0 Å². The Kier molecular flexibility index (Phi) is 6.78. The van der Waals surface area contributed by atoms with Crippen molar-refractivity contribution in [1.82, 2.24) is 5.43 Å². The maximum atomic E-state index is 12.0. The molecule has 1 fully saturated rings. The van der Waals surface area contributed by atoms with E-state index in [1.54, 1.807) is 38.3 Å². The summed E-state index contributed by atoms with van der Waals surface area (Å²) in [5.41, 5.74) is 3.86. The van der Waals surface area contributed by atoms with Gasteiger partial charge in [-0.05, 0) is 44.0 Å². The highest BCUT2D eigenvalue weighted by Crippen LogP contribution is 2.23. The Balaban J connectivity index is 1.78. The number of ether oxygens (including phenoxy) is 1. The van der Waals surface area contributed by atoms with Crippen LogP contribution in [-0.4, -0.2) is 24.6 Å². The van der Waals surface area contributed by atoms with Gasteiger partial charge >= 0.3 is 0 Å². The number of methoxy groups -OCH3 is 1. The second-order valence-corrected chi connectivity index (χ2v) is 6.11. The highest BCUT2D eigenvalue weighted by atomic mass is 16.5. The second-order valence-electron chi connectivity index (χ2n) is 6.11. The van der Waals surface area contributed by atoms with Gasteiger partial charge in [-0.2, -0.15) is 5.10 Å². The first-order valence-corrected chi connectivity index (χ1v) is 8.35. The Morgan fingerprint density at radius 1 is 1.17 bits per heavy atom. The number of carbonyl (C=O) groups is 2. The molecule has 1 aliphatic rings. The van der Waals surface area contributed by atoms with E-state index in [0.29, 0.717) is 11.4 Å². The molecule has 1 aliphatic carbocycles. The van der Waals surface area contributed by atoms with E-state index in [9.17, 15) is 9.59 Å². The van der Waals surface area contributed by atoms with Gasteiger partial charge in [0.25, 0.3) is 0 Å². The molecular weight excluding hydrogens is 306 g/mol. The Morgan fingerprint density at radius 2 is 1.83 bits per heavy atom. The van der Waals surface area contributed by atoms with Crippen molar-refractivity contribution in [3.8, 4) is 5.75 Å². The van der Waals surface area contributed by atoms with E-state index >= 15 is 0 Å². The average molecular weight is 331 g/mol. The Labute approximate surface area is 142 Å². The van der Waals surface area contributed by atoms with Crippen molar-refractivity contribution in [3.05, 3.63) is 24.3 Å². The van der Waals surface area contributed by atoms with Gasteiger partial charge in [0, 0.05) is 17.3 Å². The van der Waals surface area contributed by atoms with Crippen molar-refractivity contribution in [2.24, 2.45) is 11.0 Å². The van der Waals surface area contributed by atoms with Crippen molar-refractivity contribution in [1.29, 1.82) is 0 Å². The van der Waals surface area contributed by atoms with Gasteiger partial charge in [0.2, 0.25) is 11.8 Å². The molecule has 0 atom stereocenters. The number of anilines is 1. The predicted molar refractivity (Wildman–Crippen MR) is 94.1 cm³/mol. The third-order valence-corrected chi connectivity index (χ3v) is 4.12. The molecule has 0 radical (unpaired) electrons. The summed E-state index contributed by atoms with van der Waals surface area (Å²) < 4.78 is 5.07. The minimum Gasteiger partial charge on any atom is -0.497 e. The number of nitrogens with one attached hydrogen (secondary N) is 2. The zero-order valence-electron chi connectivity index (χ0n) is 14.3. The van der Waals surface area contributed by atoms with Gasteiger partial charge in [0.05, 0.1) is 13.5 Å². The van der Waals surface area contributed by atoms with Gasteiger partial charge in [-0.25, -0.2) is 5.43 Å². The summed E-state index contributed by atoms with van der Waals surface area (Å²) in [4.78, 5) is 24.0. The van der Waals surface area contributed by atoms with E-state index in [-0.39, 0.29) is 24.2 Å². The van der Waals surface area contributed by atoms with Gasteiger partial charge < -0.3 is 10.1 Å². The topological polar surface area (TPSA) is 79.8 Å². The number of amides is 2. The van der Waals surface area contributed by atoms with E-state index in [4.69, 9.17) is 4.74 Å². The van der Waals surface area contributed by atoms with Crippen LogP contribution in [0.2, 0.25) is 0 Å². The summed E-state index contributed by atoms with van der Waals surface area (Å²) >= 11 is 0. The van der Waals surface area contributed by atoms with Gasteiger partial charge in [-0.15, -0.1) is 0 Å². The molecule has 6 nitrogen and oxygen atoms in total. The van der Waals surface area contributed by atoms with E-state index in [1.807, 2.05) is 0 Å². The first-order valence-electron chi connectivity index (χ1n) is 8.35. The summed E-state index contributed by atoms with van der Waals surface area (Å²) in [6.07, 6.45) is 5.40. The lowest BCUT2D eigenvalue weighted by Gasteiger charge is -2.19. The largest absolute Gasteiger partial charge is 0.497 e. The number of hydrogen-bond donors (Lipinski definition) is 2. The molecular formula is C18H25N3O3. The first-order chi connectivity index (χ1) is 11.6. The van der Waals surface area contributed by atoms with Crippen molar-refractivity contribution < 1.29 is 14.3 Å². The molecule has 2 N–H and O–H groups in total. The van der Waals surface area contributed by atoms with Crippen LogP contribution in [0.3, 0.4) is 0 Å². The molecule has 2 amide bonds. The van der Waals surface area contributed by atoms with E-state index in [0.717, 1.165) is 31.4 Å². The lowest BCUT2D eigenvalue weighted by molar-refractivity contribution is -0.126. The average Bonchev–Trinajstić information content (AvgIpc) is 2.61. The van der Waals surface area contributed by atoms with Crippen LogP contribution in [0.15, 0.2) is 29.4 Å². The molecule has 1 aromatic carbocycles. The maximum absolute atomic E-state index is 12.0. The van der Waals surface area contributed by atoms with Gasteiger partial charge in [-0.3, -0.25) is 9.59 Å². The number of carbonyl (C=O) groups excluding carboxylic acids is 2. The highest BCUT2D eigenvalue weighted by Gasteiger charge is 2.20. The highest BCUT2D eigenvalue weighted by molar-refractivity contribution is 6.05. The van der Waals surface area contributed by atoms with Gasteiger partial charge in [0.15, 0.2) is 0 Å². The fourth-order valence-corrected chi connectivity index (χ4v) is 2.76. The Bertz CT molecular complexity index is 590. The first kappa shape index (κ1) is 18.0. The summed E-state index contributed by atoms with van der Waals surface area (Å²) in [6, 6.07) is 7.10. The number of rotatable bonds is 6. The Morgan fingerprint density at radius 3 is 2.46 bits per heavy atom. The molecule has 0 bridgehead atoms. The molecule has 0 spiro atoms. The van der Waals surface area contributed by atoms with Crippen molar-refractivity contribution in [2.45, 2.75) is 45.4 Å². The zero-order valence-corrected chi connectivity index (χ0v) is 14.3. The molecule has 0 aliphatic heterocycles. The van der Waals surface area contributed by atoms with Crippen LogP contribution in [-0.2, 0) is 9.59 Å². The molecule has 1 saturated carbocycles. The predicted octanol–water partition coefficient (Wildman–Crippen LogP) is 3.10. The van der Waals surface area contributed by atoms with Crippen LogP contribution >= 0.6 is 0 Å². The lowest BCUT2D eigenvalue weighted by atomic mass is 9.89. The van der Waals surface area contributed by atoms with E-state index in [2.05, 4.69) is 15.8 Å². The fourth-order valence-electron chi connectivity index (χ4n) is 2.76. The molecule has 130 valence electrons. The quantitative estimate of drug-likeness (QED) is 0.621. The summed E-state index contributed by atoms with van der Waals surface area (Å²) in [5.74, 6) is 0.581. The lowest BCUT2D eigenvalue weighted by Crippen LogP contribution is -2.29. The van der Waals surface area contributed by atoms with Crippen molar-refractivity contribution in [2.75, 3.05) is 12.4 Å². The zero-order chi connectivity index (χ0) is 17.4. The minimum atomic E-state index is -0.173. The molecule has 6 heteroatoms. The van der Waals surface area contributed by atoms with E-state index in [1.165, 1.54) is 6.42 Å². The van der Waals surface area contributed by atoms with Crippen LogP contribution in [0, 0.1) is 5.92 Å². The van der Waals surface area contributed by atoms with Gasteiger partial charge in [0.1, 0.15) is 5.75 Å². The minimum absolute atomic E-state index is 0.0374. The Hall–Kier alpha value is -2.37. The molecule has 24 heavy (non-hydrogen) atoms. The monoisotopic (exact) mass is 331 g/mol. The summed E-state index contributed by atoms with van der Waals surface area (Å²) in [5, 5.41) is 6.83. The number of hydrogen-bond acceptors (Lipinski definition) is 4. The van der Waals surface area contributed by atoms with Crippen molar-refractivity contribution in [3.63, 3.8) is 0 Å². The normalized spacial score (nSPS) is 15.7. The number of benzene rings is 1. The molecule has 0 unspecified atom stereocenters. The maximum Gasteiger partial charge on any atom is 0.243 e. The smallest absolute Gasteiger partial charge is 0.243 e. The number of nitrogens with zero attached hydrogens (tertiary/aromatic N) is 1. The fraction of sp³-hybridized carbons (Fsp3) is 0.500. The molecule has 0 saturated heterocycles. The third-order valence-electron chi connectivity index (χ3n) is 4.12. The third kappa shape index (κ3) is 5.68. The van der Waals surface area contributed by atoms with E-state index < -0.39 is 0 Å². The molecule has 1 aromatic rings. The van der Waals surface area contributed by atoms with Crippen LogP contribution in [0.1, 0.15) is 45.4 Å². The second kappa shape index (κ2) is 9.05. The van der Waals surface area contributed by atoms with Crippen LogP contribution in [0.5, 0.6) is 5.75 Å². The van der Waals surface area contributed by atoms with Crippen molar-refractivity contribution >= 4 is 23.2 Å². The summed E-state index contributed by atoms with van der Waals surface area (Å²) in [7, 11) is 1.59. The standard InChI is InChI=1S/C18H25N3O3/c1-13(20-21-18(23)14-6-4-3-5-7-14)12-17(22)19-15-8-10-16(24-2)11-9-15/h8-11,14H,3-7,12H2,1-2H3,(H,19,22)(H,21,23)/b20-13-. The van der Waals surface area contributed by atoms with Crippen LogP contribution < -0.4 is 15.5 Å². The van der Waals surface area contributed by atoms with Gasteiger partial charge in [-0.1, -0.05) is 19.3 Å². The molecule has 2 rings (SSSR count). The summed E-state index contributed by atoms with van der Waals surface area (Å²) in [6.45, 7) is 1.73. The molecule has 0 heterocycles. The molecule has 0 aromatic heterocycles. The SMILES string of the molecule is COc1ccc(NC(=O)C/C(C)=N\NC(=O)C2CCCCC2)cc1. The van der Waals surface area contributed by atoms with Crippen LogP contribution in [0.4, 0.5) is 5.69 Å².